The Morgan fingerprint density at radius 3 is 2.85 bits per heavy atom. The molecule has 0 radical (unpaired) electrons. The molecule has 0 saturated carbocycles. The molecule has 0 saturated heterocycles. The van der Waals surface area contributed by atoms with Crippen molar-refractivity contribution < 1.29 is 9.21 Å². The van der Waals surface area contributed by atoms with Gasteiger partial charge in [-0.25, -0.2) is 5.43 Å². The summed E-state index contributed by atoms with van der Waals surface area (Å²) in [5, 5.41) is 4.92. The number of rotatable bonds is 2. The SMILES string of the molecule is O=C(N/N=c1/ccc2ccccc2o1)c1cccnc1. The van der Waals surface area contributed by atoms with Crippen LogP contribution in [0.4, 0.5) is 0 Å². The number of nitrogens with zero attached hydrogens (tertiary/aromatic N) is 2. The summed E-state index contributed by atoms with van der Waals surface area (Å²) in [5.74, 6) is -0.332. The number of hydrogen-bond acceptors (Lipinski definition) is 4. The molecule has 0 aliphatic heterocycles. The summed E-state index contributed by atoms with van der Waals surface area (Å²) in [6.07, 6.45) is 3.08. The van der Waals surface area contributed by atoms with Crippen LogP contribution in [0.15, 0.2) is 70.4 Å². The van der Waals surface area contributed by atoms with Crippen molar-refractivity contribution in [3.8, 4) is 0 Å². The highest BCUT2D eigenvalue weighted by molar-refractivity contribution is 5.93. The fraction of sp³-hybridized carbons (Fsp3) is 0. The van der Waals surface area contributed by atoms with Gasteiger partial charge in [-0.3, -0.25) is 9.78 Å². The van der Waals surface area contributed by atoms with Crippen molar-refractivity contribution in [2.75, 3.05) is 0 Å². The molecule has 2 aromatic heterocycles. The highest BCUT2D eigenvalue weighted by Gasteiger charge is 2.02. The Balaban J connectivity index is 1.86. The molecular weight excluding hydrogens is 254 g/mol. The van der Waals surface area contributed by atoms with E-state index in [1.165, 1.54) is 6.20 Å². The lowest BCUT2D eigenvalue weighted by Crippen LogP contribution is -2.21. The van der Waals surface area contributed by atoms with Crippen molar-refractivity contribution in [1.29, 1.82) is 0 Å². The third kappa shape index (κ3) is 2.56. The second-order valence-electron chi connectivity index (χ2n) is 4.11. The maximum absolute atomic E-state index is 11.8. The zero-order valence-electron chi connectivity index (χ0n) is 10.5. The second-order valence-corrected chi connectivity index (χ2v) is 4.11. The quantitative estimate of drug-likeness (QED) is 0.721. The van der Waals surface area contributed by atoms with Gasteiger partial charge in [0.05, 0.1) is 5.56 Å². The molecule has 1 amide bonds. The molecule has 0 fully saturated rings. The average molecular weight is 265 g/mol. The second kappa shape index (κ2) is 5.36. The molecule has 3 aromatic rings. The van der Waals surface area contributed by atoms with Crippen molar-refractivity contribution in [2.45, 2.75) is 0 Å². The van der Waals surface area contributed by atoms with Gasteiger partial charge >= 0.3 is 0 Å². The number of pyridine rings is 1. The van der Waals surface area contributed by atoms with Crippen LogP contribution in [0.1, 0.15) is 10.4 Å². The van der Waals surface area contributed by atoms with Crippen molar-refractivity contribution >= 4 is 16.9 Å². The van der Waals surface area contributed by atoms with Crippen LogP contribution in [0.25, 0.3) is 11.0 Å². The minimum Gasteiger partial charge on any atom is -0.437 e. The molecule has 0 spiro atoms. The number of carbonyl (C=O) groups excluding carboxylic acids is 1. The van der Waals surface area contributed by atoms with E-state index in [1.807, 2.05) is 30.3 Å². The number of fused-ring (bicyclic) bond motifs is 1. The van der Waals surface area contributed by atoms with Gasteiger partial charge in [-0.05, 0) is 24.3 Å². The van der Waals surface area contributed by atoms with Gasteiger partial charge in [-0.1, -0.05) is 18.2 Å². The van der Waals surface area contributed by atoms with Crippen LogP contribution < -0.4 is 11.0 Å². The number of para-hydroxylation sites is 1. The largest absolute Gasteiger partial charge is 0.437 e. The average Bonchev–Trinajstić information content (AvgIpc) is 2.53. The first kappa shape index (κ1) is 12.1. The summed E-state index contributed by atoms with van der Waals surface area (Å²) in [7, 11) is 0. The minimum atomic E-state index is -0.332. The summed E-state index contributed by atoms with van der Waals surface area (Å²) in [6.45, 7) is 0. The van der Waals surface area contributed by atoms with E-state index < -0.39 is 0 Å². The van der Waals surface area contributed by atoms with Gasteiger partial charge < -0.3 is 4.42 Å². The van der Waals surface area contributed by atoms with Crippen LogP contribution in [0.2, 0.25) is 0 Å². The van der Waals surface area contributed by atoms with Crippen molar-refractivity contribution in [3.63, 3.8) is 0 Å². The van der Waals surface area contributed by atoms with Gasteiger partial charge in [0.1, 0.15) is 5.58 Å². The molecule has 0 bridgehead atoms. The number of aromatic nitrogens is 1. The minimum absolute atomic E-state index is 0.332. The molecular formula is C15H11N3O2. The first-order chi connectivity index (χ1) is 9.83. The Kier molecular flexibility index (Phi) is 3.24. The zero-order chi connectivity index (χ0) is 13.8. The fourth-order valence-electron chi connectivity index (χ4n) is 1.75. The van der Waals surface area contributed by atoms with Crippen molar-refractivity contribution in [3.05, 3.63) is 72.0 Å². The number of amides is 1. The van der Waals surface area contributed by atoms with E-state index in [-0.39, 0.29) is 5.91 Å². The van der Waals surface area contributed by atoms with Gasteiger partial charge in [0.15, 0.2) is 0 Å². The van der Waals surface area contributed by atoms with E-state index in [0.29, 0.717) is 16.7 Å². The van der Waals surface area contributed by atoms with E-state index in [4.69, 9.17) is 4.42 Å². The molecule has 1 N–H and O–H groups in total. The van der Waals surface area contributed by atoms with E-state index in [9.17, 15) is 4.79 Å². The Bertz CT molecular complexity index is 810. The lowest BCUT2D eigenvalue weighted by Gasteiger charge is -1.98. The van der Waals surface area contributed by atoms with Crippen LogP contribution in [0.5, 0.6) is 0 Å². The van der Waals surface area contributed by atoms with Crippen LogP contribution in [0, 0.1) is 0 Å². The molecule has 98 valence electrons. The monoisotopic (exact) mass is 265 g/mol. The van der Waals surface area contributed by atoms with Gasteiger partial charge in [-0.2, -0.15) is 0 Å². The normalized spacial score (nSPS) is 11.5. The van der Waals surface area contributed by atoms with Crippen LogP contribution >= 0.6 is 0 Å². The van der Waals surface area contributed by atoms with Crippen LogP contribution in [0.3, 0.4) is 0 Å². The first-order valence-electron chi connectivity index (χ1n) is 6.06. The highest BCUT2D eigenvalue weighted by atomic mass is 16.3. The molecule has 2 heterocycles. The molecule has 5 heteroatoms. The third-order valence-electron chi connectivity index (χ3n) is 2.73. The summed E-state index contributed by atoms with van der Waals surface area (Å²) in [4.78, 5) is 15.7. The summed E-state index contributed by atoms with van der Waals surface area (Å²) in [6, 6.07) is 14.5. The standard InChI is InChI=1S/C15H11N3O2/c19-15(12-5-3-9-16-10-12)18-17-14-8-7-11-4-1-2-6-13(11)20-14/h1-10H,(H,18,19)/b17-14-. The predicted molar refractivity (Wildman–Crippen MR) is 73.5 cm³/mol. The lowest BCUT2D eigenvalue weighted by molar-refractivity contribution is 0.0951. The molecule has 5 nitrogen and oxygen atoms in total. The Labute approximate surface area is 114 Å². The number of nitrogens with one attached hydrogen (secondary N) is 1. The topological polar surface area (TPSA) is 67.5 Å². The highest BCUT2D eigenvalue weighted by Crippen LogP contribution is 2.09. The molecule has 1 aromatic carbocycles. The number of carbonyl (C=O) groups is 1. The maximum Gasteiger partial charge on any atom is 0.273 e. The smallest absolute Gasteiger partial charge is 0.273 e. The lowest BCUT2D eigenvalue weighted by atomic mass is 10.2. The van der Waals surface area contributed by atoms with Crippen LogP contribution in [-0.2, 0) is 0 Å². The Morgan fingerprint density at radius 1 is 1.10 bits per heavy atom. The predicted octanol–water partition coefficient (Wildman–Crippen LogP) is 2.07. The van der Waals surface area contributed by atoms with Gasteiger partial charge in [0.2, 0.25) is 5.55 Å². The molecule has 0 aliphatic carbocycles. The molecule has 0 atom stereocenters. The number of hydrogen-bond donors (Lipinski definition) is 1. The van der Waals surface area contributed by atoms with Gasteiger partial charge in [0, 0.05) is 23.8 Å². The molecule has 0 unspecified atom stereocenters. The summed E-state index contributed by atoms with van der Waals surface area (Å²) < 4.78 is 5.55. The molecule has 0 aliphatic rings. The van der Waals surface area contributed by atoms with Crippen molar-refractivity contribution in [2.24, 2.45) is 5.10 Å². The van der Waals surface area contributed by atoms with E-state index in [0.717, 1.165) is 5.39 Å². The van der Waals surface area contributed by atoms with Gasteiger partial charge in [-0.15, -0.1) is 5.10 Å². The first-order valence-corrected chi connectivity index (χ1v) is 6.06. The van der Waals surface area contributed by atoms with E-state index in [1.54, 1.807) is 24.4 Å². The third-order valence-corrected chi connectivity index (χ3v) is 2.73. The maximum atomic E-state index is 11.8. The zero-order valence-corrected chi connectivity index (χ0v) is 10.5. The Morgan fingerprint density at radius 2 is 2.00 bits per heavy atom. The molecule has 20 heavy (non-hydrogen) atoms. The summed E-state index contributed by atoms with van der Waals surface area (Å²) in [5.41, 5.74) is 3.92. The number of benzene rings is 1. The van der Waals surface area contributed by atoms with E-state index >= 15 is 0 Å². The van der Waals surface area contributed by atoms with Gasteiger partial charge in [0.25, 0.3) is 5.91 Å². The fourth-order valence-corrected chi connectivity index (χ4v) is 1.75. The summed E-state index contributed by atoms with van der Waals surface area (Å²) >= 11 is 0. The Hall–Kier alpha value is -2.95. The van der Waals surface area contributed by atoms with Crippen molar-refractivity contribution in [1.82, 2.24) is 10.4 Å². The van der Waals surface area contributed by atoms with E-state index in [2.05, 4.69) is 15.5 Å². The molecule has 3 rings (SSSR count). The van der Waals surface area contributed by atoms with Crippen LogP contribution in [-0.4, -0.2) is 10.9 Å².